The molecule has 2 atom stereocenters. The summed E-state index contributed by atoms with van der Waals surface area (Å²) in [5.74, 6) is 1.54. The molecule has 2 nitrogen and oxygen atoms in total. The van der Waals surface area contributed by atoms with Gasteiger partial charge >= 0.3 is 0 Å². The molecule has 1 aromatic rings. The van der Waals surface area contributed by atoms with Crippen LogP contribution in [0.15, 0.2) is 18.2 Å². The number of hydrogen-bond donors (Lipinski definition) is 0. The summed E-state index contributed by atoms with van der Waals surface area (Å²) >= 11 is 6.10. The van der Waals surface area contributed by atoms with E-state index in [0.717, 1.165) is 24.5 Å². The number of ether oxygens (including phenoxy) is 1. The second-order valence-corrected chi connectivity index (χ2v) is 5.79. The summed E-state index contributed by atoms with van der Waals surface area (Å²) < 4.78 is 6.01. The Morgan fingerprint density at radius 1 is 1.42 bits per heavy atom. The number of carbonyl (C=O) groups is 1. The van der Waals surface area contributed by atoms with E-state index in [1.807, 2.05) is 6.07 Å². The van der Waals surface area contributed by atoms with E-state index in [2.05, 4.69) is 6.92 Å². The van der Waals surface area contributed by atoms with E-state index in [1.54, 1.807) is 12.1 Å². The molecular formula is C16H21ClO2. The van der Waals surface area contributed by atoms with Crippen molar-refractivity contribution in [3.8, 4) is 5.75 Å². The normalized spacial score (nSPS) is 23.1. The van der Waals surface area contributed by atoms with Gasteiger partial charge in [-0.15, -0.1) is 0 Å². The quantitative estimate of drug-likeness (QED) is 0.734. The largest absolute Gasteiger partial charge is 0.490 e. The van der Waals surface area contributed by atoms with Crippen LogP contribution in [0.25, 0.3) is 0 Å². The van der Waals surface area contributed by atoms with E-state index in [4.69, 9.17) is 16.3 Å². The Balaban J connectivity index is 2.03. The lowest BCUT2D eigenvalue weighted by Gasteiger charge is -2.29. The number of Topliss-reactive ketones (excluding diaryl/α,β-unsaturated/α-hetero) is 1. The molecule has 1 aromatic carbocycles. The van der Waals surface area contributed by atoms with Crippen LogP contribution in [0.4, 0.5) is 0 Å². The molecule has 0 aromatic heterocycles. The third-order valence-corrected chi connectivity index (χ3v) is 4.25. The van der Waals surface area contributed by atoms with Gasteiger partial charge in [-0.3, -0.25) is 4.79 Å². The van der Waals surface area contributed by atoms with Gasteiger partial charge in [-0.2, -0.15) is 0 Å². The molecule has 1 aliphatic rings. The van der Waals surface area contributed by atoms with Gasteiger partial charge in [0.1, 0.15) is 5.75 Å². The summed E-state index contributed by atoms with van der Waals surface area (Å²) in [6.07, 6.45) is 6.32. The fourth-order valence-electron chi connectivity index (χ4n) is 2.77. The molecule has 104 valence electrons. The minimum Gasteiger partial charge on any atom is -0.490 e. The second-order valence-electron chi connectivity index (χ2n) is 5.38. The molecule has 0 heterocycles. The van der Waals surface area contributed by atoms with Crippen molar-refractivity contribution in [2.24, 2.45) is 5.92 Å². The molecule has 1 saturated carbocycles. The lowest BCUT2D eigenvalue weighted by atomic mass is 9.85. The van der Waals surface area contributed by atoms with Crippen LogP contribution in [0.3, 0.4) is 0 Å². The Hall–Kier alpha value is -1.02. The van der Waals surface area contributed by atoms with Crippen LogP contribution >= 0.6 is 11.6 Å². The molecule has 1 aliphatic carbocycles. The molecule has 2 rings (SSSR count). The van der Waals surface area contributed by atoms with E-state index in [9.17, 15) is 4.79 Å². The highest BCUT2D eigenvalue weighted by atomic mass is 35.5. The zero-order chi connectivity index (χ0) is 13.8. The first-order valence-corrected chi connectivity index (χ1v) is 7.45. The van der Waals surface area contributed by atoms with Gasteiger partial charge in [-0.05, 0) is 50.3 Å². The summed E-state index contributed by atoms with van der Waals surface area (Å²) in [5, 5.41) is 0.479. The standard InChI is InChI=1S/C16H21ClO2/c1-3-12-5-4-6-13(9-12)19-14-7-8-15(11(2)18)16(17)10-14/h7-8,10,12-13H,3-6,9H2,1-2H3. The highest BCUT2D eigenvalue weighted by molar-refractivity contribution is 6.34. The molecular weight excluding hydrogens is 260 g/mol. The van der Waals surface area contributed by atoms with Crippen molar-refractivity contribution < 1.29 is 9.53 Å². The molecule has 2 unspecified atom stereocenters. The lowest BCUT2D eigenvalue weighted by molar-refractivity contribution is 0.101. The Morgan fingerprint density at radius 2 is 2.21 bits per heavy atom. The van der Waals surface area contributed by atoms with Gasteiger partial charge in [0.05, 0.1) is 11.1 Å². The fourth-order valence-corrected chi connectivity index (χ4v) is 3.07. The Kier molecular flexibility index (Phi) is 4.87. The highest BCUT2D eigenvalue weighted by Gasteiger charge is 2.22. The van der Waals surface area contributed by atoms with Gasteiger partial charge in [0, 0.05) is 5.56 Å². The Bertz CT molecular complexity index is 456. The number of hydrogen-bond acceptors (Lipinski definition) is 2. The van der Waals surface area contributed by atoms with Crippen LogP contribution < -0.4 is 4.74 Å². The third-order valence-electron chi connectivity index (χ3n) is 3.93. The Morgan fingerprint density at radius 3 is 2.84 bits per heavy atom. The molecule has 0 spiro atoms. The minimum atomic E-state index is -0.0136. The SMILES string of the molecule is CCC1CCCC(Oc2ccc(C(C)=O)c(Cl)c2)C1. The first-order chi connectivity index (χ1) is 9.10. The number of ketones is 1. The summed E-state index contributed by atoms with van der Waals surface area (Å²) in [5.41, 5.74) is 0.559. The topological polar surface area (TPSA) is 26.3 Å². The van der Waals surface area contributed by atoms with Crippen LogP contribution in [-0.4, -0.2) is 11.9 Å². The van der Waals surface area contributed by atoms with Crippen molar-refractivity contribution in [3.05, 3.63) is 28.8 Å². The molecule has 1 fully saturated rings. The summed E-state index contributed by atoms with van der Waals surface area (Å²) in [7, 11) is 0. The van der Waals surface area contributed by atoms with Crippen LogP contribution in [0, 0.1) is 5.92 Å². The Labute approximate surface area is 120 Å². The maximum absolute atomic E-state index is 11.3. The average Bonchev–Trinajstić information content (AvgIpc) is 2.38. The number of carbonyl (C=O) groups excluding carboxylic acids is 1. The molecule has 3 heteroatoms. The van der Waals surface area contributed by atoms with E-state index < -0.39 is 0 Å². The van der Waals surface area contributed by atoms with Crippen LogP contribution in [0.2, 0.25) is 5.02 Å². The average molecular weight is 281 g/mol. The molecule has 0 amide bonds. The van der Waals surface area contributed by atoms with Gasteiger partial charge in [-0.25, -0.2) is 0 Å². The molecule has 0 aliphatic heterocycles. The van der Waals surface area contributed by atoms with E-state index in [0.29, 0.717) is 10.6 Å². The summed E-state index contributed by atoms with van der Waals surface area (Å²) in [4.78, 5) is 11.3. The minimum absolute atomic E-state index is 0.0136. The molecule has 0 saturated heterocycles. The molecule has 0 radical (unpaired) electrons. The van der Waals surface area contributed by atoms with Gasteiger partial charge in [0.25, 0.3) is 0 Å². The molecule has 0 N–H and O–H groups in total. The third kappa shape index (κ3) is 3.73. The first kappa shape index (κ1) is 14.4. The maximum atomic E-state index is 11.3. The predicted octanol–water partition coefficient (Wildman–Crippen LogP) is 4.89. The van der Waals surface area contributed by atoms with E-state index >= 15 is 0 Å². The van der Waals surface area contributed by atoms with Crippen molar-refractivity contribution in [2.45, 2.75) is 52.1 Å². The maximum Gasteiger partial charge on any atom is 0.161 e. The van der Waals surface area contributed by atoms with E-state index in [1.165, 1.54) is 26.2 Å². The zero-order valence-corrected chi connectivity index (χ0v) is 12.4. The number of benzene rings is 1. The van der Waals surface area contributed by atoms with Crippen molar-refractivity contribution in [2.75, 3.05) is 0 Å². The predicted molar refractivity (Wildman–Crippen MR) is 78.1 cm³/mol. The fraction of sp³-hybridized carbons (Fsp3) is 0.562. The van der Waals surface area contributed by atoms with Crippen molar-refractivity contribution in [1.29, 1.82) is 0 Å². The zero-order valence-electron chi connectivity index (χ0n) is 11.6. The number of rotatable bonds is 4. The smallest absolute Gasteiger partial charge is 0.161 e. The second kappa shape index (κ2) is 6.42. The van der Waals surface area contributed by atoms with E-state index in [-0.39, 0.29) is 11.9 Å². The monoisotopic (exact) mass is 280 g/mol. The van der Waals surface area contributed by atoms with Crippen LogP contribution in [-0.2, 0) is 0 Å². The van der Waals surface area contributed by atoms with Crippen LogP contribution in [0.5, 0.6) is 5.75 Å². The highest BCUT2D eigenvalue weighted by Crippen LogP contribution is 2.31. The van der Waals surface area contributed by atoms with Crippen molar-refractivity contribution in [1.82, 2.24) is 0 Å². The first-order valence-electron chi connectivity index (χ1n) is 7.07. The van der Waals surface area contributed by atoms with Gasteiger partial charge < -0.3 is 4.74 Å². The van der Waals surface area contributed by atoms with Crippen molar-refractivity contribution >= 4 is 17.4 Å². The lowest BCUT2D eigenvalue weighted by Crippen LogP contribution is -2.25. The van der Waals surface area contributed by atoms with Crippen molar-refractivity contribution in [3.63, 3.8) is 0 Å². The number of halogens is 1. The summed E-state index contributed by atoms with van der Waals surface area (Å²) in [6.45, 7) is 3.76. The van der Waals surface area contributed by atoms with Crippen LogP contribution in [0.1, 0.15) is 56.3 Å². The van der Waals surface area contributed by atoms with Gasteiger partial charge in [0.15, 0.2) is 5.78 Å². The van der Waals surface area contributed by atoms with Gasteiger partial charge in [0.2, 0.25) is 0 Å². The summed E-state index contributed by atoms with van der Waals surface area (Å²) in [6, 6.07) is 5.35. The molecule has 19 heavy (non-hydrogen) atoms. The molecule has 0 bridgehead atoms. The van der Waals surface area contributed by atoms with Gasteiger partial charge in [-0.1, -0.05) is 31.4 Å².